The highest BCUT2D eigenvalue weighted by atomic mass is 16.5. The fourth-order valence-electron chi connectivity index (χ4n) is 4.07. The molecule has 1 aliphatic heterocycles. The van der Waals surface area contributed by atoms with E-state index in [4.69, 9.17) is 4.52 Å². The Morgan fingerprint density at radius 2 is 1.96 bits per heavy atom. The number of nitrogens with one attached hydrogen (secondary N) is 1. The molecule has 3 unspecified atom stereocenters. The molecule has 1 saturated carbocycles. The summed E-state index contributed by atoms with van der Waals surface area (Å²) in [6.45, 7) is 11.6. The molecule has 0 radical (unpaired) electrons. The Kier molecular flexibility index (Phi) is 6.12. The van der Waals surface area contributed by atoms with Gasteiger partial charge in [0.25, 0.3) is 0 Å². The van der Waals surface area contributed by atoms with Crippen molar-refractivity contribution in [1.29, 1.82) is 0 Å². The lowest BCUT2D eigenvalue weighted by Gasteiger charge is -2.36. The highest BCUT2D eigenvalue weighted by Crippen LogP contribution is 2.29. The molecular weight excluding hydrogens is 316 g/mol. The zero-order valence-corrected chi connectivity index (χ0v) is 15.8. The Morgan fingerprint density at radius 3 is 2.64 bits per heavy atom. The van der Waals surface area contributed by atoms with Crippen LogP contribution in [0.1, 0.15) is 44.6 Å². The van der Waals surface area contributed by atoms with Gasteiger partial charge in [0.05, 0.1) is 12.2 Å². The number of rotatable bonds is 5. The van der Waals surface area contributed by atoms with Crippen LogP contribution in [-0.4, -0.2) is 59.6 Å². The van der Waals surface area contributed by atoms with E-state index in [-0.39, 0.29) is 5.91 Å². The van der Waals surface area contributed by atoms with Gasteiger partial charge in [0.2, 0.25) is 5.91 Å². The van der Waals surface area contributed by atoms with E-state index in [0.29, 0.717) is 24.4 Å². The van der Waals surface area contributed by atoms with Crippen molar-refractivity contribution in [2.75, 3.05) is 32.7 Å². The summed E-state index contributed by atoms with van der Waals surface area (Å²) in [4.78, 5) is 17.1. The summed E-state index contributed by atoms with van der Waals surface area (Å²) >= 11 is 0. The predicted molar refractivity (Wildman–Crippen MR) is 97.1 cm³/mol. The van der Waals surface area contributed by atoms with Gasteiger partial charge in [-0.05, 0) is 25.2 Å². The fraction of sp³-hybridized carbons (Fsp3) is 0.789. The number of nitrogens with zero attached hydrogens (tertiary/aromatic N) is 3. The molecule has 2 aliphatic rings. The lowest BCUT2D eigenvalue weighted by atomic mass is 9.78. The van der Waals surface area contributed by atoms with E-state index in [9.17, 15) is 4.79 Å². The molecule has 2 heterocycles. The molecule has 6 nitrogen and oxygen atoms in total. The summed E-state index contributed by atoms with van der Waals surface area (Å²) in [5, 5.41) is 7.34. The lowest BCUT2D eigenvalue weighted by Crippen LogP contribution is -2.51. The molecule has 0 spiro atoms. The monoisotopic (exact) mass is 348 g/mol. The van der Waals surface area contributed by atoms with Crippen LogP contribution in [0.5, 0.6) is 0 Å². The predicted octanol–water partition coefficient (Wildman–Crippen LogP) is 2.04. The number of amides is 1. The summed E-state index contributed by atoms with van der Waals surface area (Å²) in [5.41, 5.74) is 0.990. The molecule has 1 aromatic rings. The van der Waals surface area contributed by atoms with Crippen LogP contribution in [0, 0.1) is 18.8 Å². The molecule has 6 heteroatoms. The van der Waals surface area contributed by atoms with Crippen LogP contribution in [-0.2, 0) is 11.3 Å². The molecule has 25 heavy (non-hydrogen) atoms. The van der Waals surface area contributed by atoms with Crippen molar-refractivity contribution in [3.05, 3.63) is 17.5 Å². The summed E-state index contributed by atoms with van der Waals surface area (Å²) in [6.07, 6.45) is 3.65. The van der Waals surface area contributed by atoms with Crippen molar-refractivity contribution in [3.8, 4) is 0 Å². The molecule has 2 fully saturated rings. The maximum atomic E-state index is 12.4. The zero-order chi connectivity index (χ0) is 17.8. The Hall–Kier alpha value is -1.40. The minimum atomic E-state index is 0.187. The first-order valence-electron chi connectivity index (χ1n) is 9.67. The van der Waals surface area contributed by atoms with Crippen LogP contribution in [0.2, 0.25) is 0 Å². The van der Waals surface area contributed by atoms with Crippen molar-refractivity contribution in [2.24, 2.45) is 11.8 Å². The molecule has 140 valence electrons. The van der Waals surface area contributed by atoms with Crippen LogP contribution in [0.3, 0.4) is 0 Å². The first-order valence-corrected chi connectivity index (χ1v) is 9.67. The molecule has 3 rings (SSSR count). The van der Waals surface area contributed by atoms with Gasteiger partial charge in [-0.1, -0.05) is 31.8 Å². The molecule has 1 saturated heterocycles. The summed E-state index contributed by atoms with van der Waals surface area (Å²) in [7, 11) is 0. The SMILES string of the molecule is Cc1cc(CN2CCN(CC(=O)NC3CCCC(C)C3C)CC2)no1. The van der Waals surface area contributed by atoms with Crippen LogP contribution < -0.4 is 5.32 Å². The average Bonchev–Trinajstić information content (AvgIpc) is 2.99. The van der Waals surface area contributed by atoms with Gasteiger partial charge < -0.3 is 9.84 Å². The normalized spacial score (nSPS) is 28.8. The van der Waals surface area contributed by atoms with Crippen molar-refractivity contribution in [1.82, 2.24) is 20.3 Å². The number of piperazine rings is 1. The number of aryl methyl sites for hydroxylation is 1. The van der Waals surface area contributed by atoms with E-state index < -0.39 is 0 Å². The second-order valence-corrected chi connectivity index (χ2v) is 7.92. The smallest absolute Gasteiger partial charge is 0.234 e. The summed E-state index contributed by atoms with van der Waals surface area (Å²) < 4.78 is 5.13. The molecular formula is C19H32N4O2. The largest absolute Gasteiger partial charge is 0.361 e. The summed E-state index contributed by atoms with van der Waals surface area (Å²) in [6, 6.07) is 2.35. The maximum absolute atomic E-state index is 12.4. The summed E-state index contributed by atoms with van der Waals surface area (Å²) in [5.74, 6) is 2.34. The number of carbonyl (C=O) groups excluding carboxylic acids is 1. The fourth-order valence-corrected chi connectivity index (χ4v) is 4.07. The zero-order valence-electron chi connectivity index (χ0n) is 15.8. The molecule has 1 aromatic heterocycles. The number of hydrogen-bond acceptors (Lipinski definition) is 5. The number of hydrogen-bond donors (Lipinski definition) is 1. The van der Waals surface area contributed by atoms with Crippen molar-refractivity contribution in [3.63, 3.8) is 0 Å². The molecule has 0 aromatic carbocycles. The first kappa shape index (κ1) is 18.4. The third kappa shape index (κ3) is 5.05. The van der Waals surface area contributed by atoms with E-state index in [1.165, 1.54) is 12.8 Å². The third-order valence-electron chi connectivity index (χ3n) is 5.95. The minimum absolute atomic E-state index is 0.187. The van der Waals surface area contributed by atoms with Gasteiger partial charge in [0.15, 0.2) is 0 Å². The van der Waals surface area contributed by atoms with Crippen molar-refractivity contribution < 1.29 is 9.32 Å². The van der Waals surface area contributed by atoms with Gasteiger partial charge in [-0.25, -0.2) is 0 Å². The highest BCUT2D eigenvalue weighted by molar-refractivity contribution is 5.78. The minimum Gasteiger partial charge on any atom is -0.361 e. The van der Waals surface area contributed by atoms with Crippen LogP contribution in [0.4, 0.5) is 0 Å². The Morgan fingerprint density at radius 1 is 1.24 bits per heavy atom. The second kappa shape index (κ2) is 8.32. The van der Waals surface area contributed by atoms with Crippen LogP contribution in [0.15, 0.2) is 10.6 Å². The third-order valence-corrected chi connectivity index (χ3v) is 5.95. The van der Waals surface area contributed by atoms with Gasteiger partial charge in [-0.3, -0.25) is 14.6 Å². The molecule has 1 amide bonds. The van der Waals surface area contributed by atoms with Gasteiger partial charge in [-0.15, -0.1) is 0 Å². The molecule has 3 atom stereocenters. The average molecular weight is 348 g/mol. The topological polar surface area (TPSA) is 61.6 Å². The molecule has 1 N–H and O–H groups in total. The Balaban J connectivity index is 1.39. The van der Waals surface area contributed by atoms with E-state index in [0.717, 1.165) is 50.6 Å². The standard InChI is InChI=1S/C19H32N4O2/c1-14-5-4-6-18(16(14)3)20-19(24)13-23-9-7-22(8-10-23)12-17-11-15(2)25-21-17/h11,14,16,18H,4-10,12-13H2,1-3H3,(H,20,24). The highest BCUT2D eigenvalue weighted by Gasteiger charge is 2.28. The van der Waals surface area contributed by atoms with Crippen LogP contribution >= 0.6 is 0 Å². The van der Waals surface area contributed by atoms with E-state index >= 15 is 0 Å². The first-order chi connectivity index (χ1) is 12.0. The van der Waals surface area contributed by atoms with Gasteiger partial charge >= 0.3 is 0 Å². The molecule has 1 aliphatic carbocycles. The second-order valence-electron chi connectivity index (χ2n) is 7.92. The van der Waals surface area contributed by atoms with Gasteiger partial charge in [0, 0.05) is 44.8 Å². The lowest BCUT2D eigenvalue weighted by molar-refractivity contribution is -0.124. The van der Waals surface area contributed by atoms with Crippen molar-refractivity contribution >= 4 is 5.91 Å². The quantitative estimate of drug-likeness (QED) is 0.882. The van der Waals surface area contributed by atoms with Crippen molar-refractivity contribution in [2.45, 2.75) is 52.6 Å². The Bertz CT molecular complexity index is 566. The van der Waals surface area contributed by atoms with Gasteiger partial charge in [0.1, 0.15) is 5.76 Å². The van der Waals surface area contributed by atoms with Crippen LogP contribution in [0.25, 0.3) is 0 Å². The van der Waals surface area contributed by atoms with E-state index in [2.05, 4.69) is 34.1 Å². The van der Waals surface area contributed by atoms with E-state index in [1.807, 2.05) is 13.0 Å². The molecule has 0 bridgehead atoms. The van der Waals surface area contributed by atoms with E-state index in [1.54, 1.807) is 0 Å². The Labute approximate surface area is 150 Å². The number of carbonyl (C=O) groups is 1. The number of aromatic nitrogens is 1. The van der Waals surface area contributed by atoms with Gasteiger partial charge in [-0.2, -0.15) is 0 Å². The maximum Gasteiger partial charge on any atom is 0.234 e.